The number of amides is 4. The highest BCUT2D eigenvalue weighted by atomic mass is 32.2. The maximum Gasteiger partial charge on any atom is 0.407 e. The average Bonchev–Trinajstić information content (AvgIpc) is 4.10. The normalized spacial score (nSPS) is 27.5. The summed E-state index contributed by atoms with van der Waals surface area (Å²) in [4.78, 5) is 63.2. The monoisotopic (exact) mass is 839 g/mol. The standard InChI is InChI=1S/C45H53N5O9S/c1-5-30-24-45(30,42(53)49-60(55,56)32-17-18-32)48-40(51)36-21-31-25-50(36)41(52)39(28-14-9-10-15-28)47-43(54)58-26-44(2,3)19-11-16-29-20-33-35(23-37(29)57-4)46-34(22-38(33)59-31)27-12-7-6-8-13-27/h5-8,11-13,16,20,22-23,28,30-32,36,39H,1,9-10,14-15,17-19,21,24-26H2,2-4H3,(H,47,54)(H,48,51)(H,49,53)/b16-11+/t30-,31-,36+,39+,45-/m1/s1. The number of fused-ring (bicyclic) bond motifs is 3. The van der Waals surface area contributed by atoms with Gasteiger partial charge in [-0.3, -0.25) is 19.1 Å². The van der Waals surface area contributed by atoms with Gasteiger partial charge < -0.3 is 29.7 Å². The van der Waals surface area contributed by atoms with Crippen LogP contribution < -0.4 is 24.8 Å². The Balaban J connectivity index is 1.20. The van der Waals surface area contributed by atoms with Crippen LogP contribution in [0.2, 0.25) is 0 Å². The number of allylic oxidation sites excluding steroid dienone is 1. The number of rotatable bonds is 9. The second-order valence-corrected chi connectivity index (χ2v) is 19.6. The summed E-state index contributed by atoms with van der Waals surface area (Å²) in [5, 5.41) is 5.79. The van der Waals surface area contributed by atoms with E-state index in [9.17, 15) is 27.6 Å². The number of alkyl carbamates (subject to hydrolysis) is 1. The third kappa shape index (κ3) is 8.45. The Kier molecular flexibility index (Phi) is 11.2. The highest BCUT2D eigenvalue weighted by molar-refractivity contribution is 7.91. The molecule has 3 aromatic rings. The summed E-state index contributed by atoms with van der Waals surface area (Å²) in [6.07, 6.45) is 8.89. The van der Waals surface area contributed by atoms with Crippen molar-refractivity contribution in [3.05, 3.63) is 72.8 Å². The van der Waals surface area contributed by atoms with E-state index >= 15 is 0 Å². The first kappa shape index (κ1) is 41.3. The van der Waals surface area contributed by atoms with Crippen LogP contribution in [0.3, 0.4) is 0 Å². The van der Waals surface area contributed by atoms with Gasteiger partial charge in [-0.05, 0) is 50.5 Å². The first-order valence-electron chi connectivity index (χ1n) is 20.9. The molecule has 14 nitrogen and oxygen atoms in total. The minimum absolute atomic E-state index is 0.0164. The van der Waals surface area contributed by atoms with Crippen molar-refractivity contribution < 1.29 is 41.8 Å². The second-order valence-electron chi connectivity index (χ2n) is 17.7. The van der Waals surface area contributed by atoms with E-state index in [1.165, 1.54) is 11.0 Å². The van der Waals surface area contributed by atoms with Crippen molar-refractivity contribution in [2.24, 2.45) is 17.3 Å². The zero-order valence-corrected chi connectivity index (χ0v) is 35.1. The van der Waals surface area contributed by atoms with Crippen LogP contribution in [0.4, 0.5) is 4.79 Å². The van der Waals surface area contributed by atoms with Crippen LogP contribution in [0.25, 0.3) is 28.2 Å². The van der Waals surface area contributed by atoms with E-state index in [4.69, 9.17) is 19.2 Å². The van der Waals surface area contributed by atoms with Gasteiger partial charge in [0.1, 0.15) is 35.2 Å². The zero-order chi connectivity index (χ0) is 42.4. The molecule has 4 fully saturated rings. The number of nitrogens with zero attached hydrogens (tertiary/aromatic N) is 2. The molecule has 5 atom stereocenters. The van der Waals surface area contributed by atoms with Gasteiger partial charge in [0.2, 0.25) is 21.8 Å². The molecular formula is C45H53N5O9S. The number of sulfonamides is 1. The van der Waals surface area contributed by atoms with Crippen molar-refractivity contribution in [2.75, 3.05) is 20.3 Å². The topological polar surface area (TPSA) is 182 Å². The minimum Gasteiger partial charge on any atom is -0.496 e. The highest BCUT2D eigenvalue weighted by Gasteiger charge is 2.62. The molecule has 1 saturated heterocycles. The first-order chi connectivity index (χ1) is 28.7. The van der Waals surface area contributed by atoms with Gasteiger partial charge in [0.25, 0.3) is 5.91 Å². The third-order valence-corrected chi connectivity index (χ3v) is 14.4. The molecule has 4 amide bonds. The van der Waals surface area contributed by atoms with E-state index in [1.54, 1.807) is 7.11 Å². The number of benzene rings is 2. The molecule has 3 N–H and O–H groups in total. The summed E-state index contributed by atoms with van der Waals surface area (Å²) in [6.45, 7) is 7.86. The average molecular weight is 840 g/mol. The molecule has 8 rings (SSSR count). The predicted octanol–water partition coefficient (Wildman–Crippen LogP) is 5.66. The largest absolute Gasteiger partial charge is 0.496 e. The lowest BCUT2D eigenvalue weighted by Crippen LogP contribution is -2.59. The van der Waals surface area contributed by atoms with Crippen molar-refractivity contribution in [3.8, 4) is 22.8 Å². The fourth-order valence-electron chi connectivity index (χ4n) is 8.82. The molecule has 60 heavy (non-hydrogen) atoms. The van der Waals surface area contributed by atoms with E-state index < -0.39 is 74.1 Å². The lowest BCUT2D eigenvalue weighted by molar-refractivity contribution is -0.142. The summed E-state index contributed by atoms with van der Waals surface area (Å²) in [7, 11) is -2.32. The molecule has 3 heterocycles. The van der Waals surface area contributed by atoms with Gasteiger partial charge in [0.05, 0.1) is 36.7 Å². The fraction of sp³-hybridized carbons (Fsp3) is 0.489. The van der Waals surface area contributed by atoms with Crippen LogP contribution in [0.1, 0.15) is 77.2 Å². The molecule has 0 unspecified atom stereocenters. The Hall–Kier alpha value is -5.44. The molecule has 0 radical (unpaired) electrons. The molecule has 15 heteroatoms. The number of aromatic nitrogens is 1. The van der Waals surface area contributed by atoms with Gasteiger partial charge in [0.15, 0.2) is 0 Å². The van der Waals surface area contributed by atoms with Gasteiger partial charge in [-0.25, -0.2) is 18.2 Å². The van der Waals surface area contributed by atoms with Crippen molar-refractivity contribution in [2.45, 2.75) is 101 Å². The molecule has 4 bridgehead atoms. The van der Waals surface area contributed by atoms with Crippen molar-refractivity contribution in [3.63, 3.8) is 0 Å². The van der Waals surface area contributed by atoms with E-state index in [1.807, 2.05) is 74.5 Å². The molecule has 5 aliphatic rings. The summed E-state index contributed by atoms with van der Waals surface area (Å²) in [6, 6.07) is 13.2. The molecule has 318 valence electrons. The second kappa shape index (κ2) is 16.2. The Morgan fingerprint density at radius 1 is 1.07 bits per heavy atom. The molecule has 3 saturated carbocycles. The smallest absolute Gasteiger partial charge is 0.407 e. The number of cyclic esters (lactones) is 1. The maximum atomic E-state index is 14.9. The van der Waals surface area contributed by atoms with Gasteiger partial charge in [0, 0.05) is 46.4 Å². The number of pyridine rings is 1. The first-order valence-corrected chi connectivity index (χ1v) is 22.4. The third-order valence-electron chi connectivity index (χ3n) is 12.6. The van der Waals surface area contributed by atoms with Crippen LogP contribution in [0, 0.1) is 17.3 Å². The summed E-state index contributed by atoms with van der Waals surface area (Å²) < 4.78 is 46.3. The van der Waals surface area contributed by atoms with Crippen LogP contribution in [-0.2, 0) is 29.1 Å². The SMILES string of the molecule is C=C[C@@H]1C[C@]1(NC(=O)[C@@H]1C[C@@H]2CN1C(=O)[C@H](C1CCCC1)NC(=O)OCC(C)(C)C/C=C/c1cc3c(cc(-c4ccccc4)nc3cc1OC)O2)C(=O)NS(=O)(=O)C1CC1. The maximum absolute atomic E-state index is 14.9. The van der Waals surface area contributed by atoms with Crippen molar-refractivity contribution in [1.82, 2.24) is 25.2 Å². The Bertz CT molecular complexity index is 2340. The van der Waals surface area contributed by atoms with E-state index in [-0.39, 0.29) is 31.9 Å². The zero-order valence-electron chi connectivity index (χ0n) is 34.3. The Morgan fingerprint density at radius 3 is 2.50 bits per heavy atom. The summed E-state index contributed by atoms with van der Waals surface area (Å²) in [5.41, 5.74) is 0.869. The lowest BCUT2D eigenvalue weighted by atomic mass is 9.90. The molecule has 2 aliphatic heterocycles. The van der Waals surface area contributed by atoms with E-state index in [0.29, 0.717) is 60.2 Å². The number of carbonyl (C=O) groups is 4. The lowest BCUT2D eigenvalue weighted by Gasteiger charge is -2.32. The number of nitrogens with one attached hydrogen (secondary N) is 3. The predicted molar refractivity (Wildman–Crippen MR) is 225 cm³/mol. The Morgan fingerprint density at radius 2 is 1.82 bits per heavy atom. The van der Waals surface area contributed by atoms with Crippen LogP contribution >= 0.6 is 0 Å². The quantitative estimate of drug-likeness (QED) is 0.228. The van der Waals surface area contributed by atoms with Crippen LogP contribution in [0.5, 0.6) is 11.5 Å². The number of carbonyl (C=O) groups excluding carboxylic acids is 4. The molecular weight excluding hydrogens is 787 g/mol. The number of methoxy groups -OCH3 is 1. The molecule has 1 aromatic heterocycles. The number of hydrogen-bond acceptors (Lipinski definition) is 10. The van der Waals surface area contributed by atoms with Crippen molar-refractivity contribution in [1.29, 1.82) is 0 Å². The fourth-order valence-corrected chi connectivity index (χ4v) is 10.2. The highest BCUT2D eigenvalue weighted by Crippen LogP contribution is 2.46. The van der Waals surface area contributed by atoms with Crippen LogP contribution in [0.15, 0.2) is 67.3 Å². The number of hydrogen-bond donors (Lipinski definition) is 3. The van der Waals surface area contributed by atoms with Gasteiger partial charge in [-0.1, -0.05) is 75.2 Å². The molecule has 3 aliphatic carbocycles. The van der Waals surface area contributed by atoms with Crippen LogP contribution in [-0.4, -0.2) is 91.4 Å². The van der Waals surface area contributed by atoms with E-state index in [0.717, 1.165) is 24.0 Å². The number of ether oxygens (including phenoxy) is 3. The van der Waals surface area contributed by atoms with Gasteiger partial charge in [-0.2, -0.15) is 0 Å². The Labute approximate surface area is 350 Å². The van der Waals surface area contributed by atoms with Crippen molar-refractivity contribution >= 4 is 50.8 Å². The summed E-state index contributed by atoms with van der Waals surface area (Å²) >= 11 is 0. The minimum atomic E-state index is -3.92. The molecule has 2 aromatic carbocycles. The molecule has 0 spiro atoms. The van der Waals surface area contributed by atoms with E-state index in [2.05, 4.69) is 21.9 Å². The van der Waals surface area contributed by atoms with Gasteiger partial charge in [-0.15, -0.1) is 6.58 Å². The van der Waals surface area contributed by atoms with Gasteiger partial charge >= 0.3 is 6.09 Å². The summed E-state index contributed by atoms with van der Waals surface area (Å²) in [5.74, 6) is -1.57.